The molecular weight excluding hydrogens is 312 g/mol. The molecule has 9 nitrogen and oxygen atoms in total. The molecule has 0 aromatic heterocycles. The summed E-state index contributed by atoms with van der Waals surface area (Å²) in [6, 6.07) is 0. The molecule has 10 atom stereocenters. The lowest BCUT2D eigenvalue weighted by Crippen LogP contribution is -2.61. The molecule has 0 spiro atoms. The quantitative estimate of drug-likeness (QED) is 0.274. The maximum atomic E-state index is 10.2. The van der Waals surface area contributed by atoms with Crippen LogP contribution in [0.1, 0.15) is 13.3 Å². The molecule has 0 aromatic carbocycles. The van der Waals surface area contributed by atoms with Gasteiger partial charge < -0.3 is 45.2 Å². The lowest BCUT2D eigenvalue weighted by molar-refractivity contribution is -0.250. The first-order chi connectivity index (χ1) is 10.8. The molecule has 0 bridgehead atoms. The van der Waals surface area contributed by atoms with Gasteiger partial charge in [-0.2, -0.15) is 0 Å². The van der Waals surface area contributed by atoms with E-state index in [2.05, 4.69) is 0 Å². The van der Waals surface area contributed by atoms with Crippen LogP contribution in [-0.4, -0.2) is 104 Å². The van der Waals surface area contributed by atoms with Crippen molar-refractivity contribution in [3.8, 4) is 0 Å². The maximum Gasteiger partial charge on any atom is 0.111 e. The number of rotatable bonds is 4. The summed E-state index contributed by atoms with van der Waals surface area (Å²) in [4.78, 5) is 0. The van der Waals surface area contributed by atoms with Crippen molar-refractivity contribution in [1.82, 2.24) is 0 Å². The Hall–Kier alpha value is -0.360. The van der Waals surface area contributed by atoms with Crippen LogP contribution in [0.2, 0.25) is 0 Å². The van der Waals surface area contributed by atoms with Gasteiger partial charge in [0.1, 0.15) is 30.5 Å². The summed E-state index contributed by atoms with van der Waals surface area (Å²) in [5.41, 5.74) is 0. The predicted molar refractivity (Wildman–Crippen MR) is 75.3 cm³/mol. The Morgan fingerprint density at radius 2 is 1.22 bits per heavy atom. The standard InChI is InChI=1S/C14H26O9/c1-5-10(17)11(18)6(8(3-15)22-5)2-7-12(19)14(21)13(20)9(4-16)23-7/h5-21H,2-4H2,1H3/t5-,6+,7-,8?,9?,10?,11?,12?,13+,14?/m1/s1. The summed E-state index contributed by atoms with van der Waals surface area (Å²) >= 11 is 0. The minimum absolute atomic E-state index is 0.0301. The van der Waals surface area contributed by atoms with Gasteiger partial charge in [-0.05, 0) is 13.3 Å². The summed E-state index contributed by atoms with van der Waals surface area (Å²) < 4.78 is 10.8. The first-order valence-corrected chi connectivity index (χ1v) is 7.74. The van der Waals surface area contributed by atoms with Gasteiger partial charge in [0.2, 0.25) is 0 Å². The third-order valence-electron chi connectivity index (χ3n) is 4.81. The van der Waals surface area contributed by atoms with Crippen molar-refractivity contribution in [2.75, 3.05) is 13.2 Å². The summed E-state index contributed by atoms with van der Waals surface area (Å²) in [6.07, 6.45) is -10.3. The molecule has 0 radical (unpaired) electrons. The van der Waals surface area contributed by atoms with Crippen LogP contribution in [0, 0.1) is 5.92 Å². The number of aliphatic hydroxyl groups excluding tert-OH is 7. The van der Waals surface area contributed by atoms with E-state index >= 15 is 0 Å². The van der Waals surface area contributed by atoms with Crippen LogP contribution in [-0.2, 0) is 9.47 Å². The van der Waals surface area contributed by atoms with E-state index in [4.69, 9.17) is 9.47 Å². The Morgan fingerprint density at radius 3 is 1.78 bits per heavy atom. The second-order valence-electron chi connectivity index (χ2n) is 6.31. The minimum atomic E-state index is -1.51. The van der Waals surface area contributed by atoms with Crippen LogP contribution in [0.25, 0.3) is 0 Å². The third kappa shape index (κ3) is 3.68. The Bertz CT molecular complexity index is 377. The number of hydrogen-bond acceptors (Lipinski definition) is 9. The molecule has 2 fully saturated rings. The van der Waals surface area contributed by atoms with Crippen molar-refractivity contribution in [3.05, 3.63) is 0 Å². The van der Waals surface area contributed by atoms with Gasteiger partial charge in [0.25, 0.3) is 0 Å². The van der Waals surface area contributed by atoms with Crippen LogP contribution in [0.3, 0.4) is 0 Å². The monoisotopic (exact) mass is 338 g/mol. The smallest absolute Gasteiger partial charge is 0.111 e. The molecule has 9 heteroatoms. The second-order valence-corrected chi connectivity index (χ2v) is 6.31. The highest BCUT2D eigenvalue weighted by Gasteiger charge is 2.48. The lowest BCUT2D eigenvalue weighted by atomic mass is 9.80. The van der Waals surface area contributed by atoms with Gasteiger partial charge in [-0.25, -0.2) is 0 Å². The van der Waals surface area contributed by atoms with Crippen molar-refractivity contribution in [2.45, 2.75) is 68.3 Å². The number of hydrogen-bond donors (Lipinski definition) is 7. The van der Waals surface area contributed by atoms with E-state index in [-0.39, 0.29) is 6.42 Å². The van der Waals surface area contributed by atoms with Gasteiger partial charge in [0, 0.05) is 5.92 Å². The predicted octanol–water partition coefficient (Wildman–Crippen LogP) is -3.66. The highest BCUT2D eigenvalue weighted by Crippen LogP contribution is 2.33. The fourth-order valence-electron chi connectivity index (χ4n) is 3.32. The molecule has 2 saturated heterocycles. The van der Waals surface area contributed by atoms with E-state index < -0.39 is 74.1 Å². The maximum absolute atomic E-state index is 10.2. The average molecular weight is 338 g/mol. The zero-order valence-electron chi connectivity index (χ0n) is 12.8. The fourth-order valence-corrected chi connectivity index (χ4v) is 3.32. The van der Waals surface area contributed by atoms with Gasteiger partial charge in [-0.15, -0.1) is 0 Å². The fraction of sp³-hybridized carbons (Fsp3) is 1.00. The number of aliphatic hydroxyl groups is 7. The number of ether oxygens (including phenoxy) is 2. The van der Waals surface area contributed by atoms with E-state index in [0.29, 0.717) is 0 Å². The molecule has 2 aliphatic rings. The average Bonchev–Trinajstić information content (AvgIpc) is 2.55. The minimum Gasteiger partial charge on any atom is -0.394 e. The van der Waals surface area contributed by atoms with E-state index in [1.807, 2.05) is 0 Å². The molecule has 136 valence electrons. The first kappa shape index (κ1) is 19.0. The van der Waals surface area contributed by atoms with Gasteiger partial charge in [0.15, 0.2) is 0 Å². The molecule has 2 aliphatic heterocycles. The SMILES string of the molecule is C[C@H]1OC(CO)[C@H](C[C@H]2OC(CO)[C@H](O)C(O)C2O)C(O)C1O. The van der Waals surface area contributed by atoms with E-state index in [0.717, 1.165) is 0 Å². The van der Waals surface area contributed by atoms with E-state index in [1.165, 1.54) is 0 Å². The van der Waals surface area contributed by atoms with Crippen LogP contribution in [0.4, 0.5) is 0 Å². The van der Waals surface area contributed by atoms with Crippen LogP contribution in [0.5, 0.6) is 0 Å². The molecule has 0 saturated carbocycles. The molecule has 23 heavy (non-hydrogen) atoms. The van der Waals surface area contributed by atoms with Crippen molar-refractivity contribution in [1.29, 1.82) is 0 Å². The molecular formula is C14H26O9. The van der Waals surface area contributed by atoms with E-state index in [1.54, 1.807) is 6.92 Å². The Balaban J connectivity index is 2.11. The molecule has 0 aromatic rings. The van der Waals surface area contributed by atoms with Crippen molar-refractivity contribution in [3.63, 3.8) is 0 Å². The Kier molecular flexibility index (Phi) is 6.34. The molecule has 6 unspecified atom stereocenters. The lowest BCUT2D eigenvalue weighted by Gasteiger charge is -2.45. The molecule has 2 heterocycles. The van der Waals surface area contributed by atoms with Crippen molar-refractivity contribution in [2.24, 2.45) is 5.92 Å². The molecule has 2 rings (SSSR count). The highest BCUT2D eigenvalue weighted by molar-refractivity contribution is 4.97. The summed E-state index contributed by atoms with van der Waals surface area (Å²) in [5, 5.41) is 68.4. The van der Waals surface area contributed by atoms with Crippen molar-refractivity contribution >= 4 is 0 Å². The van der Waals surface area contributed by atoms with Crippen LogP contribution >= 0.6 is 0 Å². The largest absolute Gasteiger partial charge is 0.394 e. The zero-order valence-corrected chi connectivity index (χ0v) is 12.8. The Morgan fingerprint density at radius 1 is 0.652 bits per heavy atom. The van der Waals surface area contributed by atoms with Crippen LogP contribution < -0.4 is 0 Å². The summed E-state index contributed by atoms with van der Waals surface area (Å²) in [5.74, 6) is -0.743. The van der Waals surface area contributed by atoms with Gasteiger partial charge in [-0.1, -0.05) is 0 Å². The van der Waals surface area contributed by atoms with Gasteiger partial charge in [0.05, 0.1) is 37.6 Å². The Labute approximate surface area is 133 Å². The second kappa shape index (κ2) is 7.68. The normalized spacial score (nSPS) is 51.7. The molecule has 0 aliphatic carbocycles. The van der Waals surface area contributed by atoms with E-state index in [9.17, 15) is 35.7 Å². The third-order valence-corrected chi connectivity index (χ3v) is 4.81. The molecule has 7 N–H and O–H groups in total. The first-order valence-electron chi connectivity index (χ1n) is 7.74. The topological polar surface area (TPSA) is 160 Å². The van der Waals surface area contributed by atoms with Crippen LogP contribution in [0.15, 0.2) is 0 Å². The summed E-state index contributed by atoms with van der Waals surface area (Å²) in [6.45, 7) is 0.630. The van der Waals surface area contributed by atoms with Gasteiger partial charge >= 0.3 is 0 Å². The highest BCUT2D eigenvalue weighted by atomic mass is 16.5. The van der Waals surface area contributed by atoms with Crippen molar-refractivity contribution < 1.29 is 45.2 Å². The zero-order chi connectivity index (χ0) is 17.3. The summed E-state index contributed by atoms with van der Waals surface area (Å²) in [7, 11) is 0. The molecule has 0 amide bonds. The van der Waals surface area contributed by atoms with Gasteiger partial charge in [-0.3, -0.25) is 0 Å².